The van der Waals surface area contributed by atoms with Crippen LogP contribution in [0.25, 0.3) is 0 Å². The first kappa shape index (κ1) is 11.9. The molecule has 3 nitrogen and oxygen atoms in total. The second-order valence-electron chi connectivity index (χ2n) is 4.08. The standard InChI is InChI=1S/C11H16ClN3S/c1-7-8(2)16-4-3-15(7)11-10(12)5-9(13)6-14-11/h5-8H,3-4,13H2,1-2H3. The molecule has 16 heavy (non-hydrogen) atoms. The molecule has 1 aromatic rings. The van der Waals surface area contributed by atoms with Crippen molar-refractivity contribution in [2.45, 2.75) is 25.1 Å². The predicted molar refractivity (Wildman–Crippen MR) is 72.4 cm³/mol. The van der Waals surface area contributed by atoms with Gasteiger partial charge in [0.1, 0.15) is 5.82 Å². The van der Waals surface area contributed by atoms with E-state index < -0.39 is 0 Å². The van der Waals surface area contributed by atoms with Crippen molar-refractivity contribution in [2.75, 3.05) is 22.9 Å². The van der Waals surface area contributed by atoms with Gasteiger partial charge in [-0.25, -0.2) is 4.98 Å². The molecule has 88 valence electrons. The van der Waals surface area contributed by atoms with Crippen molar-refractivity contribution >= 4 is 34.9 Å². The SMILES string of the molecule is CC1SCCN(c2ncc(N)cc2Cl)C1C. The largest absolute Gasteiger partial charge is 0.397 e. The van der Waals surface area contributed by atoms with E-state index in [2.05, 4.69) is 23.7 Å². The summed E-state index contributed by atoms with van der Waals surface area (Å²) in [5, 5.41) is 1.25. The average molecular weight is 258 g/mol. The third-order valence-corrected chi connectivity index (χ3v) is 4.61. The van der Waals surface area contributed by atoms with E-state index in [-0.39, 0.29) is 0 Å². The molecule has 2 unspecified atom stereocenters. The second-order valence-corrected chi connectivity index (χ2v) is 5.98. The van der Waals surface area contributed by atoms with Crippen LogP contribution in [0.4, 0.5) is 11.5 Å². The fourth-order valence-corrected chi connectivity index (χ4v) is 3.27. The molecule has 2 N–H and O–H groups in total. The highest BCUT2D eigenvalue weighted by Crippen LogP contribution is 2.32. The van der Waals surface area contributed by atoms with Gasteiger partial charge in [0.2, 0.25) is 0 Å². The molecule has 2 atom stereocenters. The lowest BCUT2D eigenvalue weighted by Crippen LogP contribution is -2.45. The predicted octanol–water partition coefficient (Wildman–Crippen LogP) is 2.65. The molecule has 0 spiro atoms. The highest BCUT2D eigenvalue weighted by atomic mass is 35.5. The molecular formula is C11H16ClN3S. The first-order valence-corrected chi connectivity index (χ1v) is 6.81. The zero-order chi connectivity index (χ0) is 11.7. The number of anilines is 2. The van der Waals surface area contributed by atoms with E-state index in [0.29, 0.717) is 22.0 Å². The molecule has 2 heterocycles. The third-order valence-electron chi connectivity index (χ3n) is 3.00. The molecule has 1 aromatic heterocycles. The Morgan fingerprint density at radius 3 is 3.00 bits per heavy atom. The van der Waals surface area contributed by atoms with Crippen molar-refractivity contribution in [3.05, 3.63) is 17.3 Å². The summed E-state index contributed by atoms with van der Waals surface area (Å²) in [5.74, 6) is 1.98. The maximum absolute atomic E-state index is 6.18. The van der Waals surface area contributed by atoms with E-state index in [9.17, 15) is 0 Å². The van der Waals surface area contributed by atoms with Crippen molar-refractivity contribution in [1.29, 1.82) is 0 Å². The van der Waals surface area contributed by atoms with Crippen molar-refractivity contribution in [2.24, 2.45) is 0 Å². The molecule has 0 radical (unpaired) electrons. The van der Waals surface area contributed by atoms with Crippen molar-refractivity contribution in [3.8, 4) is 0 Å². The number of nitrogens with zero attached hydrogens (tertiary/aromatic N) is 2. The highest BCUT2D eigenvalue weighted by molar-refractivity contribution is 8.00. The van der Waals surface area contributed by atoms with E-state index >= 15 is 0 Å². The summed E-state index contributed by atoms with van der Waals surface area (Å²) < 4.78 is 0. The van der Waals surface area contributed by atoms with Crippen LogP contribution >= 0.6 is 23.4 Å². The summed E-state index contributed by atoms with van der Waals surface area (Å²) >= 11 is 8.18. The summed E-state index contributed by atoms with van der Waals surface area (Å²) in [4.78, 5) is 6.61. The summed E-state index contributed by atoms with van der Waals surface area (Å²) in [5.41, 5.74) is 6.26. The smallest absolute Gasteiger partial charge is 0.147 e. The van der Waals surface area contributed by atoms with Gasteiger partial charge in [0, 0.05) is 23.6 Å². The highest BCUT2D eigenvalue weighted by Gasteiger charge is 2.27. The van der Waals surface area contributed by atoms with Gasteiger partial charge < -0.3 is 10.6 Å². The van der Waals surface area contributed by atoms with Gasteiger partial charge >= 0.3 is 0 Å². The number of aromatic nitrogens is 1. The van der Waals surface area contributed by atoms with Gasteiger partial charge in [-0.2, -0.15) is 11.8 Å². The fraction of sp³-hybridized carbons (Fsp3) is 0.545. The van der Waals surface area contributed by atoms with Crippen molar-refractivity contribution < 1.29 is 0 Å². The molecular weight excluding hydrogens is 242 g/mol. The summed E-state index contributed by atoms with van der Waals surface area (Å²) in [7, 11) is 0. The van der Waals surface area contributed by atoms with Gasteiger partial charge in [0.05, 0.1) is 16.9 Å². The molecule has 0 amide bonds. The Morgan fingerprint density at radius 1 is 1.56 bits per heavy atom. The lowest BCUT2D eigenvalue weighted by atomic mass is 10.2. The van der Waals surface area contributed by atoms with Gasteiger partial charge in [-0.15, -0.1) is 0 Å². The maximum atomic E-state index is 6.18. The summed E-state index contributed by atoms with van der Waals surface area (Å²) in [6.45, 7) is 5.45. The van der Waals surface area contributed by atoms with Crippen LogP contribution in [0.15, 0.2) is 12.3 Å². The summed E-state index contributed by atoms with van der Waals surface area (Å²) in [6.07, 6.45) is 1.67. The van der Waals surface area contributed by atoms with Gasteiger partial charge in [0.25, 0.3) is 0 Å². The third kappa shape index (κ3) is 2.23. The Bertz CT molecular complexity index is 385. The zero-order valence-electron chi connectivity index (χ0n) is 9.48. The van der Waals surface area contributed by atoms with Crippen molar-refractivity contribution in [3.63, 3.8) is 0 Å². The molecule has 0 aromatic carbocycles. The molecule has 5 heteroatoms. The van der Waals surface area contributed by atoms with Crippen LogP contribution in [0.2, 0.25) is 5.02 Å². The molecule has 1 aliphatic heterocycles. The number of halogens is 1. The van der Waals surface area contributed by atoms with Crippen LogP contribution in [0.3, 0.4) is 0 Å². The van der Waals surface area contributed by atoms with E-state index in [1.54, 1.807) is 12.3 Å². The minimum absolute atomic E-state index is 0.451. The number of nitrogens with two attached hydrogens (primary N) is 1. The van der Waals surface area contributed by atoms with Gasteiger partial charge in [-0.1, -0.05) is 18.5 Å². The number of nitrogen functional groups attached to an aromatic ring is 1. The van der Waals surface area contributed by atoms with Crippen molar-refractivity contribution in [1.82, 2.24) is 4.98 Å². The minimum atomic E-state index is 0.451. The Labute approximate surface area is 105 Å². The Hall–Kier alpha value is -0.610. The van der Waals surface area contributed by atoms with Crippen LogP contribution in [-0.2, 0) is 0 Å². The molecule has 0 bridgehead atoms. The molecule has 0 saturated carbocycles. The average Bonchev–Trinajstić information content (AvgIpc) is 2.23. The quantitative estimate of drug-likeness (QED) is 0.840. The monoisotopic (exact) mass is 257 g/mol. The van der Waals surface area contributed by atoms with E-state index in [0.717, 1.165) is 18.1 Å². The minimum Gasteiger partial charge on any atom is -0.397 e. The van der Waals surface area contributed by atoms with Crippen LogP contribution in [0.1, 0.15) is 13.8 Å². The van der Waals surface area contributed by atoms with Crippen LogP contribution in [0, 0.1) is 0 Å². The van der Waals surface area contributed by atoms with E-state index in [1.165, 1.54) is 0 Å². The first-order valence-electron chi connectivity index (χ1n) is 5.39. The number of thioether (sulfide) groups is 1. The molecule has 1 fully saturated rings. The van der Waals surface area contributed by atoms with Gasteiger partial charge in [-0.05, 0) is 13.0 Å². The Balaban J connectivity index is 2.29. The van der Waals surface area contributed by atoms with Crippen LogP contribution in [-0.4, -0.2) is 28.6 Å². The molecule has 1 saturated heterocycles. The van der Waals surface area contributed by atoms with Crippen LogP contribution < -0.4 is 10.6 Å². The zero-order valence-corrected chi connectivity index (χ0v) is 11.1. The van der Waals surface area contributed by atoms with Crippen LogP contribution in [0.5, 0.6) is 0 Å². The topological polar surface area (TPSA) is 42.2 Å². The maximum Gasteiger partial charge on any atom is 0.147 e. The Kier molecular flexibility index (Phi) is 3.50. The number of hydrogen-bond acceptors (Lipinski definition) is 4. The Morgan fingerprint density at radius 2 is 2.31 bits per heavy atom. The fourth-order valence-electron chi connectivity index (χ4n) is 1.89. The normalized spacial score (nSPS) is 25.8. The van der Waals surface area contributed by atoms with E-state index in [1.807, 2.05) is 11.8 Å². The molecule has 1 aliphatic rings. The number of rotatable bonds is 1. The van der Waals surface area contributed by atoms with E-state index in [4.69, 9.17) is 17.3 Å². The van der Waals surface area contributed by atoms with Gasteiger partial charge in [-0.3, -0.25) is 0 Å². The summed E-state index contributed by atoms with van der Waals surface area (Å²) in [6, 6.07) is 2.22. The molecule has 0 aliphatic carbocycles. The first-order chi connectivity index (χ1) is 7.59. The molecule has 2 rings (SSSR count). The number of pyridine rings is 1. The lowest BCUT2D eigenvalue weighted by molar-refractivity contribution is 0.620. The number of hydrogen-bond donors (Lipinski definition) is 1. The second kappa shape index (κ2) is 4.72. The lowest BCUT2D eigenvalue weighted by Gasteiger charge is -2.38. The van der Waals surface area contributed by atoms with Gasteiger partial charge in [0.15, 0.2) is 0 Å².